The molecule has 2 fully saturated rings. The lowest BCUT2D eigenvalue weighted by Gasteiger charge is -2.39. The number of hydrogen-bond acceptors (Lipinski definition) is 11. The van der Waals surface area contributed by atoms with Gasteiger partial charge < -0.3 is 31.2 Å². The average molecular weight is 500 g/mol. The predicted octanol–water partition coefficient (Wildman–Crippen LogP) is 0.731. The lowest BCUT2D eigenvalue weighted by molar-refractivity contribution is -0.137. The van der Waals surface area contributed by atoms with Gasteiger partial charge in [0.25, 0.3) is 0 Å². The van der Waals surface area contributed by atoms with Gasteiger partial charge in [-0.15, -0.1) is 11.3 Å². The van der Waals surface area contributed by atoms with Crippen molar-refractivity contribution in [2.45, 2.75) is 22.1 Å². The second-order valence-electron chi connectivity index (χ2n) is 8.55. The number of thiazole rings is 1. The minimum Gasteiger partial charge on any atom is -0.449 e. The van der Waals surface area contributed by atoms with Crippen LogP contribution in [0.4, 0.5) is 4.79 Å². The summed E-state index contributed by atoms with van der Waals surface area (Å²) in [6.45, 7) is 0.313. The predicted molar refractivity (Wildman–Crippen MR) is 125 cm³/mol. The van der Waals surface area contributed by atoms with Gasteiger partial charge in [-0.25, -0.2) is 9.78 Å². The van der Waals surface area contributed by atoms with Crippen molar-refractivity contribution in [1.29, 1.82) is 0 Å². The third-order valence-electron chi connectivity index (χ3n) is 6.94. The Morgan fingerprint density at radius 2 is 2.15 bits per heavy atom. The van der Waals surface area contributed by atoms with E-state index in [-0.39, 0.29) is 52.8 Å². The van der Waals surface area contributed by atoms with Crippen LogP contribution in [0.15, 0.2) is 51.1 Å². The molecule has 4 atom stereocenters. The molecule has 0 bridgehead atoms. The lowest BCUT2D eigenvalue weighted by atomic mass is 9.82. The number of nitrogens with zero attached hydrogens (tertiary/aromatic N) is 2. The Hall–Kier alpha value is -2.93. The number of ketones is 2. The number of nitrogens with one attached hydrogen (secondary N) is 1. The minimum atomic E-state index is -1.02. The number of carbonyl (C=O) groups excluding carboxylic acids is 3. The number of primary amides is 1. The van der Waals surface area contributed by atoms with E-state index in [1.807, 2.05) is 29.2 Å². The van der Waals surface area contributed by atoms with Crippen LogP contribution in [-0.4, -0.2) is 71.4 Å². The monoisotopic (exact) mass is 499 g/mol. The molecule has 4 heterocycles. The van der Waals surface area contributed by atoms with Crippen molar-refractivity contribution < 1.29 is 23.9 Å². The molecule has 1 amide bonds. The molecule has 12 heteroatoms. The van der Waals surface area contributed by atoms with Crippen molar-refractivity contribution in [2.24, 2.45) is 17.4 Å². The summed E-state index contributed by atoms with van der Waals surface area (Å²) in [5, 5.41) is 3.33. The lowest BCUT2D eigenvalue weighted by Crippen LogP contribution is -2.55. The molecule has 1 aliphatic carbocycles. The number of nitrogens with two attached hydrogens (primary N) is 2. The molecular formula is C22H21N5O5S2. The topological polar surface area (TPSA) is 160 Å². The van der Waals surface area contributed by atoms with Crippen LogP contribution in [0.3, 0.4) is 0 Å². The molecule has 4 aliphatic rings. The van der Waals surface area contributed by atoms with Crippen molar-refractivity contribution in [2.75, 3.05) is 26.0 Å². The van der Waals surface area contributed by atoms with Gasteiger partial charge in [0.1, 0.15) is 6.61 Å². The third-order valence-corrected chi connectivity index (χ3v) is 9.15. The number of hydrogen-bond donors (Lipinski definition) is 3. The molecule has 34 heavy (non-hydrogen) atoms. The Morgan fingerprint density at radius 3 is 2.88 bits per heavy atom. The normalized spacial score (nSPS) is 29.6. The number of carbonyl (C=O) groups is 3. The summed E-state index contributed by atoms with van der Waals surface area (Å²) >= 11 is 2.90. The summed E-state index contributed by atoms with van der Waals surface area (Å²) in [5.74, 6) is -1.21. The van der Waals surface area contributed by atoms with Crippen LogP contribution in [0.5, 0.6) is 0 Å². The molecule has 10 nitrogen and oxygen atoms in total. The van der Waals surface area contributed by atoms with Crippen LogP contribution < -0.4 is 16.8 Å². The number of methoxy groups -OCH3 is 1. The van der Waals surface area contributed by atoms with Crippen molar-refractivity contribution >= 4 is 51.0 Å². The van der Waals surface area contributed by atoms with Gasteiger partial charge in [0, 0.05) is 36.6 Å². The molecule has 3 aliphatic heterocycles. The van der Waals surface area contributed by atoms with E-state index in [2.05, 4.69) is 10.3 Å². The first-order valence-corrected chi connectivity index (χ1v) is 12.5. The Bertz CT molecular complexity index is 1300. The fraction of sp³-hybridized carbons (Fsp3) is 0.364. The number of thioether (sulfide) groups is 1. The Morgan fingerprint density at radius 1 is 1.35 bits per heavy atom. The second kappa shape index (κ2) is 7.54. The zero-order valence-corrected chi connectivity index (χ0v) is 19.7. The summed E-state index contributed by atoms with van der Waals surface area (Å²) in [5.41, 5.74) is 12.0. The molecule has 0 unspecified atom stereocenters. The van der Waals surface area contributed by atoms with Gasteiger partial charge in [0.2, 0.25) is 11.6 Å². The van der Waals surface area contributed by atoms with E-state index in [0.29, 0.717) is 6.54 Å². The summed E-state index contributed by atoms with van der Waals surface area (Å²) in [6.07, 6.45) is -0.962. The highest BCUT2D eigenvalue weighted by Crippen LogP contribution is 2.55. The van der Waals surface area contributed by atoms with E-state index in [0.717, 1.165) is 14.6 Å². The van der Waals surface area contributed by atoms with Gasteiger partial charge in [0.05, 0.1) is 33.6 Å². The number of piperazine rings is 1. The van der Waals surface area contributed by atoms with E-state index in [1.54, 1.807) is 0 Å². The zero-order chi connectivity index (χ0) is 23.8. The molecule has 6 rings (SSSR count). The number of ether oxygens (including phenoxy) is 2. The van der Waals surface area contributed by atoms with Crippen LogP contribution in [-0.2, 0) is 19.1 Å². The molecule has 0 spiro atoms. The number of Topliss-reactive ketones (excluding diaryl/α,β-unsaturated/α-hetero) is 2. The van der Waals surface area contributed by atoms with Gasteiger partial charge >= 0.3 is 6.09 Å². The maximum absolute atomic E-state index is 13.7. The maximum atomic E-state index is 13.7. The third kappa shape index (κ3) is 2.89. The van der Waals surface area contributed by atoms with Gasteiger partial charge in [0.15, 0.2) is 10.1 Å². The summed E-state index contributed by atoms with van der Waals surface area (Å²) in [6, 6.07) is 7.80. The van der Waals surface area contributed by atoms with Crippen molar-refractivity contribution in [1.82, 2.24) is 15.2 Å². The molecule has 0 saturated carbocycles. The van der Waals surface area contributed by atoms with E-state index < -0.39 is 23.5 Å². The fourth-order valence-electron chi connectivity index (χ4n) is 5.43. The van der Waals surface area contributed by atoms with Crippen molar-refractivity contribution in [3.63, 3.8) is 0 Å². The smallest absolute Gasteiger partial charge is 0.404 e. The summed E-state index contributed by atoms with van der Waals surface area (Å²) < 4.78 is 12.9. The standard InChI is InChI=1S/C22H21N5O5S2/c1-31-22-10(7-32-20(24)30)14-16(27(22)6-12-19(22)25-12)17(28)9(15(23)18(14)29)8-33-21-26-11-4-2-3-5-13(11)34-21/h2-5,10,12,19,25H,6-8,23H2,1H3,(H2,24,30)/t10-,12+,19+,22-/m1/s1. The maximum Gasteiger partial charge on any atom is 0.404 e. The van der Waals surface area contributed by atoms with Gasteiger partial charge in [-0.05, 0) is 12.1 Å². The number of allylic oxidation sites excluding steroid dienone is 2. The first-order valence-electron chi connectivity index (χ1n) is 10.7. The minimum absolute atomic E-state index is 0.0887. The van der Waals surface area contributed by atoms with E-state index in [4.69, 9.17) is 20.9 Å². The highest BCUT2D eigenvalue weighted by atomic mass is 32.2. The van der Waals surface area contributed by atoms with Crippen molar-refractivity contribution in [3.05, 3.63) is 46.8 Å². The highest BCUT2D eigenvalue weighted by molar-refractivity contribution is 8.01. The number of amides is 1. The Kier molecular flexibility index (Phi) is 4.79. The SMILES string of the molecule is CO[C@@]12[C@H](COC(N)=O)C3=C(C(=O)C(CSc4nc5ccccc5s4)=C(N)C3=O)N1C[C@@H]1N[C@@H]12. The number of fused-ring (bicyclic) bond motifs is 5. The largest absolute Gasteiger partial charge is 0.449 e. The molecular weight excluding hydrogens is 478 g/mol. The molecule has 1 aromatic carbocycles. The number of para-hydroxylation sites is 1. The van der Waals surface area contributed by atoms with E-state index in [9.17, 15) is 14.4 Å². The molecule has 2 aromatic rings. The first-order chi connectivity index (χ1) is 16.4. The fourth-order valence-corrected chi connectivity index (χ4v) is 7.53. The summed E-state index contributed by atoms with van der Waals surface area (Å²) in [4.78, 5) is 45.0. The zero-order valence-electron chi connectivity index (χ0n) is 18.1. The molecule has 176 valence electrons. The van der Waals surface area contributed by atoms with Crippen LogP contribution in [0.2, 0.25) is 0 Å². The molecule has 0 radical (unpaired) electrons. The first kappa shape index (κ1) is 21.6. The Labute approximate surface area is 202 Å². The van der Waals surface area contributed by atoms with E-state index in [1.165, 1.54) is 30.2 Å². The van der Waals surface area contributed by atoms with Gasteiger partial charge in [-0.3, -0.25) is 9.59 Å². The second-order valence-corrected chi connectivity index (χ2v) is 10.8. The number of benzene rings is 1. The van der Waals surface area contributed by atoms with Gasteiger partial charge in [-0.1, -0.05) is 23.9 Å². The summed E-state index contributed by atoms with van der Waals surface area (Å²) in [7, 11) is 1.53. The van der Waals surface area contributed by atoms with Crippen LogP contribution in [0.25, 0.3) is 10.2 Å². The van der Waals surface area contributed by atoms with E-state index >= 15 is 0 Å². The van der Waals surface area contributed by atoms with Crippen molar-refractivity contribution in [3.8, 4) is 0 Å². The highest BCUT2D eigenvalue weighted by Gasteiger charge is 2.72. The molecule has 5 N–H and O–H groups in total. The number of rotatable bonds is 6. The number of aromatic nitrogens is 1. The van der Waals surface area contributed by atoms with Gasteiger partial charge in [-0.2, -0.15) is 0 Å². The average Bonchev–Trinajstić information content (AvgIpc) is 3.22. The quantitative estimate of drug-likeness (QED) is 0.294. The van der Waals surface area contributed by atoms with Crippen LogP contribution in [0.1, 0.15) is 0 Å². The molecule has 2 saturated heterocycles. The molecule has 1 aromatic heterocycles. The van der Waals surface area contributed by atoms with Crippen LogP contribution >= 0.6 is 23.1 Å². The van der Waals surface area contributed by atoms with Crippen LogP contribution in [0, 0.1) is 5.92 Å². The Balaban J connectivity index is 1.33.